The zero-order valence-corrected chi connectivity index (χ0v) is 35.3. The van der Waals surface area contributed by atoms with E-state index in [-0.39, 0.29) is 21.7 Å². The van der Waals surface area contributed by atoms with Gasteiger partial charge in [0.25, 0.3) is 0 Å². The topological polar surface area (TPSA) is 33.6 Å². The van der Waals surface area contributed by atoms with Gasteiger partial charge in [0.1, 0.15) is 11.6 Å². The Morgan fingerprint density at radius 1 is 0.375 bits per heavy atom. The van der Waals surface area contributed by atoms with Gasteiger partial charge < -0.3 is 9.13 Å². The van der Waals surface area contributed by atoms with Crippen LogP contribution >= 0.6 is 0 Å². The van der Waals surface area contributed by atoms with E-state index in [4.69, 9.17) is 0 Å². The number of benzene rings is 6. The van der Waals surface area contributed by atoms with E-state index in [0.717, 1.165) is 44.6 Å². The van der Waals surface area contributed by atoms with E-state index < -0.39 is 0 Å². The van der Waals surface area contributed by atoms with Crippen LogP contribution in [0.3, 0.4) is 0 Å². The molecule has 6 aromatic carbocycles. The molecule has 0 amide bonds. The molecule has 0 bridgehead atoms. The van der Waals surface area contributed by atoms with Crippen LogP contribution in [-0.2, 0) is 21.7 Å². The first kappa shape index (κ1) is 37.3. The summed E-state index contributed by atoms with van der Waals surface area (Å²) in [5.74, 6) is 0. The number of nitrogens with zero attached hydrogens (tertiary/aromatic N) is 3. The highest BCUT2D eigenvalue weighted by molar-refractivity contribution is 6.12. The first-order valence-electron chi connectivity index (χ1n) is 20.1. The molecule has 0 aliphatic rings. The first-order valence-corrected chi connectivity index (χ1v) is 20.1. The average Bonchev–Trinajstić information content (AvgIpc) is 3.64. The molecule has 0 saturated heterocycles. The summed E-state index contributed by atoms with van der Waals surface area (Å²) in [7, 11) is 0. The third-order valence-corrected chi connectivity index (χ3v) is 11.8. The quantitative estimate of drug-likeness (QED) is 0.178. The second-order valence-electron chi connectivity index (χ2n) is 20.0. The van der Waals surface area contributed by atoms with Crippen LogP contribution in [0.15, 0.2) is 115 Å². The second-order valence-corrected chi connectivity index (χ2v) is 20.0. The molecule has 0 fully saturated rings. The fraction of sp³-hybridized carbons (Fsp3) is 0.302. The lowest BCUT2D eigenvalue weighted by atomic mass is 9.85. The summed E-state index contributed by atoms with van der Waals surface area (Å²) >= 11 is 0. The average molecular weight is 734 g/mol. The van der Waals surface area contributed by atoms with Crippen molar-refractivity contribution in [3.63, 3.8) is 0 Å². The van der Waals surface area contributed by atoms with Gasteiger partial charge in [-0.25, -0.2) is 0 Å². The van der Waals surface area contributed by atoms with Gasteiger partial charge in [-0.15, -0.1) is 0 Å². The van der Waals surface area contributed by atoms with Gasteiger partial charge in [-0.3, -0.25) is 0 Å². The van der Waals surface area contributed by atoms with Gasteiger partial charge >= 0.3 is 0 Å². The zero-order chi connectivity index (χ0) is 40.1. The molecule has 3 nitrogen and oxygen atoms in total. The number of aromatic nitrogens is 2. The predicted molar refractivity (Wildman–Crippen MR) is 240 cm³/mol. The van der Waals surface area contributed by atoms with Crippen molar-refractivity contribution in [2.45, 2.75) is 105 Å². The second kappa shape index (κ2) is 12.7. The Kier molecular flexibility index (Phi) is 8.48. The van der Waals surface area contributed by atoms with E-state index >= 15 is 0 Å². The van der Waals surface area contributed by atoms with Crippen LogP contribution < -0.4 is 0 Å². The van der Waals surface area contributed by atoms with Crippen LogP contribution in [0.25, 0.3) is 66.1 Å². The summed E-state index contributed by atoms with van der Waals surface area (Å²) in [5.41, 5.74) is 14.1. The van der Waals surface area contributed by atoms with Crippen molar-refractivity contribution in [3.05, 3.63) is 143 Å². The lowest BCUT2D eigenvalue weighted by Gasteiger charge is -2.21. The van der Waals surface area contributed by atoms with E-state index in [2.05, 4.69) is 214 Å². The fourth-order valence-electron chi connectivity index (χ4n) is 8.31. The number of hydrogen-bond acceptors (Lipinski definition) is 1. The van der Waals surface area contributed by atoms with Crippen LogP contribution in [0.1, 0.15) is 111 Å². The van der Waals surface area contributed by atoms with Crippen molar-refractivity contribution in [1.29, 1.82) is 5.26 Å². The SMILES string of the molecule is CC(C)(C)c1ccc2c(c1)c1cc(C(C)(C)C)ccc1n2-c1cc(-c2ccccc2)cc(-n2c3ccc(C(C)(C)C)cc3c3cc(C(C)(C)C)ccc32)c1C#N. The van der Waals surface area contributed by atoms with Crippen molar-refractivity contribution in [3.8, 4) is 28.6 Å². The zero-order valence-electron chi connectivity index (χ0n) is 35.3. The predicted octanol–water partition coefficient (Wildman–Crippen LogP) is 14.6. The Labute approximate surface area is 333 Å². The third-order valence-electron chi connectivity index (χ3n) is 11.8. The Morgan fingerprint density at radius 3 is 0.946 bits per heavy atom. The number of nitriles is 1. The minimum absolute atomic E-state index is 0.0152. The lowest BCUT2D eigenvalue weighted by molar-refractivity contribution is 0.590. The van der Waals surface area contributed by atoms with E-state index in [9.17, 15) is 5.26 Å². The molecule has 0 saturated carbocycles. The molecule has 8 rings (SSSR count). The molecule has 0 spiro atoms. The van der Waals surface area contributed by atoms with Crippen molar-refractivity contribution in [1.82, 2.24) is 9.13 Å². The maximum Gasteiger partial charge on any atom is 0.104 e. The van der Waals surface area contributed by atoms with Crippen molar-refractivity contribution in [2.75, 3.05) is 0 Å². The van der Waals surface area contributed by atoms with Gasteiger partial charge in [0.2, 0.25) is 0 Å². The van der Waals surface area contributed by atoms with Gasteiger partial charge in [0.05, 0.1) is 33.4 Å². The maximum absolute atomic E-state index is 11.5. The van der Waals surface area contributed by atoms with Crippen molar-refractivity contribution in [2.24, 2.45) is 0 Å². The summed E-state index contributed by atoms with van der Waals surface area (Å²) in [6.45, 7) is 27.3. The smallest absolute Gasteiger partial charge is 0.104 e. The van der Waals surface area contributed by atoms with Crippen LogP contribution in [0.2, 0.25) is 0 Å². The minimum atomic E-state index is -0.0152. The monoisotopic (exact) mass is 733 g/mol. The molecule has 0 unspecified atom stereocenters. The summed E-state index contributed by atoms with van der Waals surface area (Å²) in [5, 5.41) is 16.3. The lowest BCUT2D eigenvalue weighted by Crippen LogP contribution is -2.11. The molecule has 3 heteroatoms. The summed E-state index contributed by atoms with van der Waals surface area (Å²) < 4.78 is 4.70. The van der Waals surface area contributed by atoms with Crippen molar-refractivity contribution < 1.29 is 0 Å². The van der Waals surface area contributed by atoms with Gasteiger partial charge in [0, 0.05) is 21.5 Å². The maximum atomic E-state index is 11.5. The van der Waals surface area contributed by atoms with Crippen LogP contribution in [0.4, 0.5) is 0 Å². The largest absolute Gasteiger partial charge is 0.308 e. The Balaban J connectivity index is 1.54. The highest BCUT2D eigenvalue weighted by Gasteiger charge is 2.26. The van der Waals surface area contributed by atoms with E-state index in [0.29, 0.717) is 5.56 Å². The van der Waals surface area contributed by atoms with E-state index in [1.54, 1.807) is 0 Å². The van der Waals surface area contributed by atoms with Crippen molar-refractivity contribution >= 4 is 43.6 Å². The van der Waals surface area contributed by atoms with Crippen LogP contribution in [-0.4, -0.2) is 9.13 Å². The number of rotatable bonds is 3. The highest BCUT2D eigenvalue weighted by atomic mass is 15.0. The fourth-order valence-corrected chi connectivity index (χ4v) is 8.31. The normalized spacial score (nSPS) is 13.0. The molecule has 0 aliphatic carbocycles. The van der Waals surface area contributed by atoms with Gasteiger partial charge in [0.15, 0.2) is 0 Å². The Bertz CT molecular complexity index is 2560. The van der Waals surface area contributed by atoms with Gasteiger partial charge in [-0.05, 0) is 116 Å². The molecular weight excluding hydrogens is 679 g/mol. The standard InChI is InChI=1S/C53H55N3/c1-50(2,3)35-18-22-44-39(28-35)40-29-36(51(4,5)6)19-23-45(40)55(44)48-26-34(33-16-14-13-15-17-33)27-49(43(48)32-54)56-46-24-20-37(52(7,8)9)30-41(46)42-31-38(53(10,11)12)21-25-47(42)56/h13-31H,1-12H3. The highest BCUT2D eigenvalue weighted by Crippen LogP contribution is 2.43. The molecular formula is C53H55N3. The molecule has 8 aromatic rings. The first-order chi connectivity index (χ1) is 26.3. The Hall–Kier alpha value is -5.59. The van der Waals surface area contributed by atoms with Crippen LogP contribution in [0, 0.1) is 11.3 Å². The summed E-state index contributed by atoms with van der Waals surface area (Å²) in [6.07, 6.45) is 0. The third kappa shape index (κ3) is 6.21. The van der Waals surface area contributed by atoms with E-state index in [1.807, 2.05) is 0 Å². The molecule has 0 N–H and O–H groups in total. The molecule has 0 aliphatic heterocycles. The molecule has 2 aromatic heterocycles. The molecule has 0 radical (unpaired) electrons. The molecule has 0 atom stereocenters. The molecule has 56 heavy (non-hydrogen) atoms. The minimum Gasteiger partial charge on any atom is -0.308 e. The summed E-state index contributed by atoms with van der Waals surface area (Å²) in [6, 6.07) is 45.5. The Morgan fingerprint density at radius 2 is 0.679 bits per heavy atom. The number of hydrogen-bond donors (Lipinski definition) is 0. The number of fused-ring (bicyclic) bond motifs is 6. The summed E-state index contributed by atoms with van der Waals surface area (Å²) in [4.78, 5) is 0. The van der Waals surface area contributed by atoms with Gasteiger partial charge in [-0.2, -0.15) is 5.26 Å². The van der Waals surface area contributed by atoms with Crippen LogP contribution in [0.5, 0.6) is 0 Å². The van der Waals surface area contributed by atoms with Gasteiger partial charge in [-0.1, -0.05) is 138 Å². The molecule has 282 valence electrons. The van der Waals surface area contributed by atoms with E-state index in [1.165, 1.54) is 43.8 Å². The molecule has 2 heterocycles.